The molecule has 0 fully saturated rings. The highest BCUT2D eigenvalue weighted by atomic mass is 16.1. The fraction of sp³-hybridized carbons (Fsp3) is 0.900. The average molecular weight is 171 g/mol. The fourth-order valence-corrected chi connectivity index (χ4v) is 1.42. The Morgan fingerprint density at radius 2 is 1.92 bits per heavy atom. The van der Waals surface area contributed by atoms with Gasteiger partial charge in [-0.15, -0.1) is 0 Å². The Morgan fingerprint density at radius 1 is 1.42 bits per heavy atom. The summed E-state index contributed by atoms with van der Waals surface area (Å²) >= 11 is 0. The van der Waals surface area contributed by atoms with Crippen molar-refractivity contribution >= 4 is 6.29 Å². The minimum absolute atomic E-state index is 0.205. The molecule has 0 aliphatic rings. The van der Waals surface area contributed by atoms with Crippen molar-refractivity contribution in [2.45, 2.75) is 27.7 Å². The second-order valence-electron chi connectivity index (χ2n) is 4.70. The van der Waals surface area contributed by atoms with Crippen LogP contribution in [0.25, 0.3) is 0 Å². The molecule has 0 aromatic carbocycles. The van der Waals surface area contributed by atoms with Gasteiger partial charge in [0.1, 0.15) is 6.29 Å². The van der Waals surface area contributed by atoms with E-state index in [4.69, 9.17) is 0 Å². The summed E-state index contributed by atoms with van der Waals surface area (Å²) in [5.74, 6) is 0.664. The Morgan fingerprint density at radius 3 is 2.25 bits per heavy atom. The highest BCUT2D eigenvalue weighted by Crippen LogP contribution is 2.12. The first-order chi connectivity index (χ1) is 5.37. The molecule has 0 heterocycles. The average Bonchev–Trinajstić information content (AvgIpc) is 1.84. The van der Waals surface area contributed by atoms with Gasteiger partial charge in [-0.05, 0) is 13.0 Å². The van der Waals surface area contributed by atoms with Crippen LogP contribution in [0.2, 0.25) is 0 Å². The predicted molar refractivity (Wildman–Crippen MR) is 52.2 cm³/mol. The number of nitrogens with zero attached hydrogens (tertiary/aromatic N) is 1. The molecule has 2 heteroatoms. The van der Waals surface area contributed by atoms with Crippen LogP contribution in [-0.4, -0.2) is 31.3 Å². The van der Waals surface area contributed by atoms with E-state index in [0.717, 1.165) is 19.4 Å². The van der Waals surface area contributed by atoms with Gasteiger partial charge >= 0.3 is 0 Å². The molecule has 0 atom stereocenters. The van der Waals surface area contributed by atoms with Crippen LogP contribution in [0.3, 0.4) is 0 Å². The SMILES string of the molecule is CC(C)CN(C)CC(C)(C)C=O. The maximum Gasteiger partial charge on any atom is 0.126 e. The molecule has 0 rings (SSSR count). The summed E-state index contributed by atoms with van der Waals surface area (Å²) in [5.41, 5.74) is -0.205. The first kappa shape index (κ1) is 11.6. The molecular weight excluding hydrogens is 150 g/mol. The van der Waals surface area contributed by atoms with E-state index in [0.29, 0.717) is 5.92 Å². The number of carbonyl (C=O) groups excluding carboxylic acids is 1. The third kappa shape index (κ3) is 5.30. The highest BCUT2D eigenvalue weighted by Gasteiger charge is 2.18. The van der Waals surface area contributed by atoms with Crippen LogP contribution in [0.4, 0.5) is 0 Å². The van der Waals surface area contributed by atoms with E-state index in [2.05, 4.69) is 25.8 Å². The van der Waals surface area contributed by atoms with Gasteiger partial charge in [0.15, 0.2) is 0 Å². The van der Waals surface area contributed by atoms with Crippen molar-refractivity contribution in [2.24, 2.45) is 11.3 Å². The Balaban J connectivity index is 3.83. The molecule has 0 aliphatic heterocycles. The summed E-state index contributed by atoms with van der Waals surface area (Å²) in [6.07, 6.45) is 1.03. The van der Waals surface area contributed by atoms with E-state index in [1.807, 2.05) is 13.8 Å². The van der Waals surface area contributed by atoms with Gasteiger partial charge in [-0.3, -0.25) is 0 Å². The van der Waals surface area contributed by atoms with Crippen LogP contribution in [0.1, 0.15) is 27.7 Å². The molecule has 0 aromatic heterocycles. The summed E-state index contributed by atoms with van der Waals surface area (Å²) in [5, 5.41) is 0. The third-order valence-electron chi connectivity index (χ3n) is 1.67. The van der Waals surface area contributed by atoms with Crippen LogP contribution in [0.15, 0.2) is 0 Å². The third-order valence-corrected chi connectivity index (χ3v) is 1.67. The Hall–Kier alpha value is -0.370. The highest BCUT2D eigenvalue weighted by molar-refractivity contribution is 5.58. The van der Waals surface area contributed by atoms with Gasteiger partial charge in [-0.1, -0.05) is 27.7 Å². The molecule has 0 bridgehead atoms. The monoisotopic (exact) mass is 171 g/mol. The minimum Gasteiger partial charge on any atom is -0.305 e. The molecule has 0 aromatic rings. The van der Waals surface area contributed by atoms with Gasteiger partial charge in [0.2, 0.25) is 0 Å². The lowest BCUT2D eigenvalue weighted by Crippen LogP contribution is -2.34. The van der Waals surface area contributed by atoms with Crippen LogP contribution in [-0.2, 0) is 4.79 Å². The maximum absolute atomic E-state index is 10.6. The van der Waals surface area contributed by atoms with Crippen molar-refractivity contribution in [1.29, 1.82) is 0 Å². The number of hydrogen-bond acceptors (Lipinski definition) is 2. The van der Waals surface area contributed by atoms with Gasteiger partial charge < -0.3 is 9.69 Å². The van der Waals surface area contributed by atoms with Gasteiger partial charge in [-0.25, -0.2) is 0 Å². The molecule has 0 saturated heterocycles. The molecule has 2 nitrogen and oxygen atoms in total. The number of hydrogen-bond donors (Lipinski definition) is 0. The van der Waals surface area contributed by atoms with Crippen molar-refractivity contribution in [3.8, 4) is 0 Å². The molecule has 0 spiro atoms. The van der Waals surface area contributed by atoms with Gasteiger partial charge in [-0.2, -0.15) is 0 Å². The Kier molecular flexibility index (Phi) is 4.46. The molecular formula is C10H21NO. The van der Waals surface area contributed by atoms with E-state index in [-0.39, 0.29) is 5.41 Å². The van der Waals surface area contributed by atoms with E-state index >= 15 is 0 Å². The van der Waals surface area contributed by atoms with Crippen LogP contribution in [0.5, 0.6) is 0 Å². The molecule has 0 amide bonds. The summed E-state index contributed by atoms with van der Waals surface area (Å²) in [7, 11) is 2.06. The summed E-state index contributed by atoms with van der Waals surface area (Å²) in [4.78, 5) is 12.8. The summed E-state index contributed by atoms with van der Waals surface area (Å²) in [6.45, 7) is 10.2. The van der Waals surface area contributed by atoms with Gasteiger partial charge in [0, 0.05) is 18.5 Å². The Labute approximate surface area is 75.9 Å². The fourth-order valence-electron chi connectivity index (χ4n) is 1.42. The van der Waals surface area contributed by atoms with Crippen molar-refractivity contribution in [3.63, 3.8) is 0 Å². The molecule has 0 aliphatic carbocycles. The zero-order valence-electron chi connectivity index (χ0n) is 8.92. The van der Waals surface area contributed by atoms with Gasteiger partial charge in [0.25, 0.3) is 0 Å². The minimum atomic E-state index is -0.205. The lowest BCUT2D eigenvalue weighted by molar-refractivity contribution is -0.115. The summed E-state index contributed by atoms with van der Waals surface area (Å²) < 4.78 is 0. The summed E-state index contributed by atoms with van der Waals surface area (Å²) in [6, 6.07) is 0. The van der Waals surface area contributed by atoms with E-state index in [1.54, 1.807) is 0 Å². The van der Waals surface area contributed by atoms with Crippen LogP contribution >= 0.6 is 0 Å². The molecule has 12 heavy (non-hydrogen) atoms. The largest absolute Gasteiger partial charge is 0.305 e. The number of aldehydes is 1. The van der Waals surface area contributed by atoms with Crippen LogP contribution in [0, 0.1) is 11.3 Å². The first-order valence-corrected chi connectivity index (χ1v) is 4.52. The second kappa shape index (κ2) is 4.61. The van der Waals surface area contributed by atoms with E-state index in [1.165, 1.54) is 0 Å². The molecule has 0 saturated carbocycles. The maximum atomic E-state index is 10.6. The number of rotatable bonds is 5. The zero-order valence-corrected chi connectivity index (χ0v) is 8.92. The van der Waals surface area contributed by atoms with Gasteiger partial charge in [0.05, 0.1) is 0 Å². The first-order valence-electron chi connectivity index (χ1n) is 4.52. The second-order valence-corrected chi connectivity index (χ2v) is 4.70. The van der Waals surface area contributed by atoms with Crippen molar-refractivity contribution < 1.29 is 4.79 Å². The lowest BCUT2D eigenvalue weighted by atomic mass is 9.95. The lowest BCUT2D eigenvalue weighted by Gasteiger charge is -2.26. The standard InChI is InChI=1S/C10H21NO/c1-9(2)6-11(5)7-10(3,4)8-12/h8-9H,6-7H2,1-5H3. The molecule has 72 valence electrons. The Bertz CT molecular complexity index is 141. The van der Waals surface area contributed by atoms with Crippen molar-refractivity contribution in [2.75, 3.05) is 20.1 Å². The predicted octanol–water partition coefficient (Wildman–Crippen LogP) is 1.80. The zero-order chi connectivity index (χ0) is 9.78. The van der Waals surface area contributed by atoms with Crippen LogP contribution < -0.4 is 0 Å². The quantitative estimate of drug-likeness (QED) is 0.588. The van der Waals surface area contributed by atoms with E-state index < -0.39 is 0 Å². The normalized spacial score (nSPS) is 12.6. The molecule has 0 N–H and O–H groups in total. The smallest absolute Gasteiger partial charge is 0.126 e. The van der Waals surface area contributed by atoms with Crippen molar-refractivity contribution in [3.05, 3.63) is 0 Å². The van der Waals surface area contributed by atoms with E-state index in [9.17, 15) is 4.79 Å². The number of carbonyl (C=O) groups is 1. The molecule has 0 radical (unpaired) electrons. The molecule has 0 unspecified atom stereocenters. The topological polar surface area (TPSA) is 20.3 Å². The van der Waals surface area contributed by atoms with Crippen molar-refractivity contribution in [1.82, 2.24) is 4.90 Å².